The summed E-state index contributed by atoms with van der Waals surface area (Å²) in [5, 5.41) is 2.31. The molecule has 0 aliphatic carbocycles. The van der Waals surface area contributed by atoms with Crippen LogP contribution in [0.15, 0.2) is 12.5 Å². The van der Waals surface area contributed by atoms with Crippen molar-refractivity contribution in [2.45, 2.75) is 45.1 Å². The maximum atomic E-state index is 11.6. The highest BCUT2D eigenvalue weighted by Crippen LogP contribution is 1.99. The fourth-order valence-corrected chi connectivity index (χ4v) is 1.55. The number of nitrogens with zero attached hydrogens (tertiary/aromatic N) is 1. The number of hydrogen-bond acceptors (Lipinski definition) is 4. The van der Waals surface area contributed by atoms with Gasteiger partial charge in [-0.15, -0.1) is 0 Å². The second-order valence-electron chi connectivity index (χ2n) is 4.26. The molecule has 1 heterocycles. The van der Waals surface area contributed by atoms with Gasteiger partial charge < -0.3 is 10.7 Å². The van der Waals surface area contributed by atoms with Crippen molar-refractivity contribution in [3.63, 3.8) is 0 Å². The van der Waals surface area contributed by atoms with Crippen molar-refractivity contribution < 1.29 is 9.59 Å². The highest BCUT2D eigenvalue weighted by Gasteiger charge is 2.16. The quantitative estimate of drug-likeness (QED) is 0.615. The molecule has 0 aliphatic rings. The summed E-state index contributed by atoms with van der Waals surface area (Å²) in [5.74, 6) is -0.695. The van der Waals surface area contributed by atoms with Gasteiger partial charge in [-0.1, -0.05) is 19.8 Å². The van der Waals surface area contributed by atoms with Gasteiger partial charge in [-0.05, 0) is 6.42 Å². The van der Waals surface area contributed by atoms with E-state index in [2.05, 4.69) is 22.2 Å². The fraction of sp³-hybridized carbons (Fsp3) is 0.583. The lowest BCUT2D eigenvalue weighted by molar-refractivity contribution is -0.131. The van der Waals surface area contributed by atoms with Gasteiger partial charge in [0.05, 0.1) is 12.4 Å². The van der Waals surface area contributed by atoms with Crippen LogP contribution in [-0.4, -0.2) is 27.8 Å². The Bertz CT molecular complexity index is 375. The number of unbranched alkanes of at least 4 members (excludes halogenated alkanes) is 2. The first-order valence-corrected chi connectivity index (χ1v) is 6.20. The molecule has 100 valence electrons. The Balaban J connectivity index is 2.28. The van der Waals surface area contributed by atoms with Crippen LogP contribution in [0.1, 0.15) is 38.3 Å². The molecule has 0 aliphatic heterocycles. The van der Waals surface area contributed by atoms with Gasteiger partial charge in [0, 0.05) is 24.7 Å². The molecule has 6 heteroatoms. The van der Waals surface area contributed by atoms with E-state index in [-0.39, 0.29) is 5.91 Å². The molecule has 18 heavy (non-hydrogen) atoms. The summed E-state index contributed by atoms with van der Waals surface area (Å²) in [7, 11) is 0. The van der Waals surface area contributed by atoms with E-state index in [1.165, 1.54) is 6.33 Å². The van der Waals surface area contributed by atoms with Gasteiger partial charge in [-0.2, -0.15) is 0 Å². The Hall–Kier alpha value is -1.69. The molecule has 6 nitrogen and oxygen atoms in total. The van der Waals surface area contributed by atoms with Crippen LogP contribution in [0.2, 0.25) is 0 Å². The number of amides is 2. The SMILES string of the molecule is CCCCCC(=O)NC(=O)[C@@H](N)Cc1cnc[nH]1. The number of carbonyl (C=O) groups excluding carboxylic acids is 2. The summed E-state index contributed by atoms with van der Waals surface area (Å²) >= 11 is 0. The summed E-state index contributed by atoms with van der Waals surface area (Å²) in [6.45, 7) is 2.06. The third-order valence-electron chi connectivity index (χ3n) is 2.60. The molecule has 1 atom stereocenters. The molecule has 0 radical (unpaired) electrons. The molecule has 0 unspecified atom stereocenters. The molecular weight excluding hydrogens is 232 g/mol. The van der Waals surface area contributed by atoms with Crippen LogP contribution in [0.5, 0.6) is 0 Å². The summed E-state index contributed by atoms with van der Waals surface area (Å²) in [5.41, 5.74) is 6.47. The summed E-state index contributed by atoms with van der Waals surface area (Å²) in [4.78, 5) is 29.7. The number of imide groups is 1. The highest BCUT2D eigenvalue weighted by atomic mass is 16.2. The molecule has 1 aromatic rings. The molecule has 1 aromatic heterocycles. The minimum Gasteiger partial charge on any atom is -0.348 e. The largest absolute Gasteiger partial charge is 0.348 e. The smallest absolute Gasteiger partial charge is 0.243 e. The van der Waals surface area contributed by atoms with Crippen LogP contribution in [-0.2, 0) is 16.0 Å². The number of aromatic amines is 1. The Kier molecular flexibility index (Phi) is 6.07. The molecule has 0 aromatic carbocycles. The molecular formula is C12H20N4O2. The van der Waals surface area contributed by atoms with Crippen molar-refractivity contribution in [3.05, 3.63) is 18.2 Å². The van der Waals surface area contributed by atoms with Crippen LogP contribution in [0.3, 0.4) is 0 Å². The number of aromatic nitrogens is 2. The maximum absolute atomic E-state index is 11.6. The first-order valence-electron chi connectivity index (χ1n) is 6.20. The van der Waals surface area contributed by atoms with Crippen molar-refractivity contribution in [1.82, 2.24) is 15.3 Å². The van der Waals surface area contributed by atoms with Crippen molar-refractivity contribution in [2.75, 3.05) is 0 Å². The van der Waals surface area contributed by atoms with Gasteiger partial charge in [0.25, 0.3) is 0 Å². The van der Waals surface area contributed by atoms with E-state index >= 15 is 0 Å². The van der Waals surface area contributed by atoms with E-state index in [4.69, 9.17) is 5.73 Å². The van der Waals surface area contributed by atoms with Gasteiger partial charge in [-0.3, -0.25) is 14.9 Å². The number of carbonyl (C=O) groups is 2. The second-order valence-corrected chi connectivity index (χ2v) is 4.26. The number of H-pyrrole nitrogens is 1. The zero-order valence-electron chi connectivity index (χ0n) is 10.6. The van der Waals surface area contributed by atoms with Crippen molar-refractivity contribution in [1.29, 1.82) is 0 Å². The first-order chi connectivity index (χ1) is 8.63. The molecule has 1 rings (SSSR count). The zero-order chi connectivity index (χ0) is 13.4. The average molecular weight is 252 g/mol. The fourth-order valence-electron chi connectivity index (χ4n) is 1.55. The van der Waals surface area contributed by atoms with Crippen LogP contribution in [0.4, 0.5) is 0 Å². The lowest BCUT2D eigenvalue weighted by Crippen LogP contribution is -2.44. The molecule has 4 N–H and O–H groups in total. The lowest BCUT2D eigenvalue weighted by atomic mass is 10.1. The summed E-state index contributed by atoms with van der Waals surface area (Å²) in [6, 6.07) is -0.736. The molecule has 0 spiro atoms. The minimum absolute atomic E-state index is 0.256. The standard InChI is InChI=1S/C12H20N4O2/c1-2-3-4-5-11(17)16-12(18)10(13)6-9-7-14-8-15-9/h7-8,10H,2-6,13H2,1H3,(H,14,15)(H,16,17,18)/t10-/m0/s1. The van der Waals surface area contributed by atoms with Crippen LogP contribution < -0.4 is 11.1 Å². The minimum atomic E-state index is -0.736. The molecule has 2 amide bonds. The summed E-state index contributed by atoms with van der Waals surface area (Å²) < 4.78 is 0. The number of hydrogen-bond donors (Lipinski definition) is 3. The molecule has 0 fully saturated rings. The normalized spacial score (nSPS) is 12.1. The van der Waals surface area contributed by atoms with Gasteiger partial charge >= 0.3 is 0 Å². The van der Waals surface area contributed by atoms with Crippen molar-refractivity contribution in [3.8, 4) is 0 Å². The van der Waals surface area contributed by atoms with Gasteiger partial charge in [0.15, 0.2) is 0 Å². The van der Waals surface area contributed by atoms with Gasteiger partial charge in [-0.25, -0.2) is 4.98 Å². The zero-order valence-corrected chi connectivity index (χ0v) is 10.6. The lowest BCUT2D eigenvalue weighted by Gasteiger charge is -2.10. The van der Waals surface area contributed by atoms with E-state index in [1.807, 2.05) is 0 Å². The molecule has 0 saturated carbocycles. The van der Waals surface area contributed by atoms with E-state index < -0.39 is 11.9 Å². The average Bonchev–Trinajstić information content (AvgIpc) is 2.82. The Morgan fingerprint density at radius 2 is 2.28 bits per heavy atom. The van der Waals surface area contributed by atoms with Crippen LogP contribution >= 0.6 is 0 Å². The van der Waals surface area contributed by atoms with Gasteiger partial charge in [0.2, 0.25) is 11.8 Å². The first kappa shape index (κ1) is 14.4. The van der Waals surface area contributed by atoms with E-state index in [0.29, 0.717) is 12.8 Å². The van der Waals surface area contributed by atoms with Crippen LogP contribution in [0.25, 0.3) is 0 Å². The second kappa shape index (κ2) is 7.60. The molecule has 0 bridgehead atoms. The summed E-state index contributed by atoms with van der Waals surface area (Å²) in [6.07, 6.45) is 6.67. The number of nitrogens with one attached hydrogen (secondary N) is 2. The maximum Gasteiger partial charge on any atom is 0.243 e. The van der Waals surface area contributed by atoms with Crippen molar-refractivity contribution in [2.24, 2.45) is 5.73 Å². The Morgan fingerprint density at radius 1 is 1.50 bits per heavy atom. The van der Waals surface area contributed by atoms with E-state index in [1.54, 1.807) is 6.20 Å². The Morgan fingerprint density at radius 3 is 2.89 bits per heavy atom. The van der Waals surface area contributed by atoms with Crippen LogP contribution in [0, 0.1) is 0 Å². The predicted molar refractivity (Wildman–Crippen MR) is 67.6 cm³/mol. The number of imidazole rings is 1. The monoisotopic (exact) mass is 252 g/mol. The number of rotatable bonds is 7. The van der Waals surface area contributed by atoms with E-state index in [0.717, 1.165) is 25.0 Å². The Labute approximate surface area is 106 Å². The molecule has 0 saturated heterocycles. The predicted octanol–water partition coefficient (Wildman–Crippen LogP) is 0.503. The topological polar surface area (TPSA) is 101 Å². The third kappa shape index (κ3) is 5.09. The van der Waals surface area contributed by atoms with Crippen molar-refractivity contribution >= 4 is 11.8 Å². The van der Waals surface area contributed by atoms with E-state index in [9.17, 15) is 9.59 Å². The van der Waals surface area contributed by atoms with Gasteiger partial charge in [0.1, 0.15) is 0 Å². The third-order valence-corrected chi connectivity index (χ3v) is 2.60. The highest BCUT2D eigenvalue weighted by molar-refractivity contribution is 5.97. The number of nitrogens with two attached hydrogens (primary N) is 1.